The number of aryl methyl sites for hydroxylation is 2. The second kappa shape index (κ2) is 4.19. The first-order valence-electron chi connectivity index (χ1n) is 5.19. The molecule has 2 aromatic rings. The first-order chi connectivity index (χ1) is 7.74. The normalized spacial score (nSPS) is 10.3. The molecule has 0 amide bonds. The van der Waals surface area contributed by atoms with Gasteiger partial charge in [-0.05, 0) is 19.9 Å². The van der Waals surface area contributed by atoms with Crippen LogP contribution in [0.2, 0.25) is 0 Å². The van der Waals surface area contributed by atoms with Gasteiger partial charge >= 0.3 is 0 Å². The summed E-state index contributed by atoms with van der Waals surface area (Å²) in [4.78, 5) is 3.97. The Balaban J connectivity index is 2.30. The maximum Gasteiger partial charge on any atom is 0.213 e. The Labute approximate surface area is 94.0 Å². The minimum absolute atomic E-state index is 0.432. The molecule has 0 spiro atoms. The smallest absolute Gasteiger partial charge is 0.213 e. The summed E-state index contributed by atoms with van der Waals surface area (Å²) in [5.41, 5.74) is 2.09. The molecule has 0 unspecified atom stereocenters. The molecule has 0 aliphatic heterocycles. The summed E-state index contributed by atoms with van der Waals surface area (Å²) in [6, 6.07) is 4.09. The summed E-state index contributed by atoms with van der Waals surface area (Å²) in [6.07, 6.45) is 3.44. The minimum Gasteiger partial charge on any atom is -0.317 e. The van der Waals surface area contributed by atoms with Crippen molar-refractivity contribution >= 4 is 0 Å². The van der Waals surface area contributed by atoms with Gasteiger partial charge in [0.2, 0.25) is 5.82 Å². The minimum atomic E-state index is 0.432. The van der Waals surface area contributed by atoms with Gasteiger partial charge in [0, 0.05) is 18.9 Å². The zero-order valence-corrected chi connectivity index (χ0v) is 9.38. The van der Waals surface area contributed by atoms with Gasteiger partial charge in [-0.15, -0.1) is 0 Å². The van der Waals surface area contributed by atoms with Crippen LogP contribution >= 0.6 is 0 Å². The maximum atomic E-state index is 8.86. The summed E-state index contributed by atoms with van der Waals surface area (Å²) < 4.78 is 3.76. The van der Waals surface area contributed by atoms with Gasteiger partial charge in [-0.3, -0.25) is 4.68 Å². The quantitative estimate of drug-likeness (QED) is 0.776. The van der Waals surface area contributed by atoms with Crippen molar-refractivity contribution in [1.82, 2.24) is 19.3 Å². The third kappa shape index (κ3) is 1.82. The average molecular weight is 215 g/mol. The monoisotopic (exact) mass is 215 g/mol. The fraction of sp³-hybridized carbons (Fsp3) is 0.364. The first kappa shape index (κ1) is 10.4. The lowest BCUT2D eigenvalue weighted by molar-refractivity contribution is 0.595. The molecule has 2 aromatic heterocycles. The summed E-state index contributed by atoms with van der Waals surface area (Å²) in [6.45, 7) is 5.49. The topological polar surface area (TPSA) is 59.4 Å². The fourth-order valence-corrected chi connectivity index (χ4v) is 1.72. The highest BCUT2D eigenvalue weighted by atomic mass is 15.3. The number of aromatic nitrogens is 4. The highest BCUT2D eigenvalue weighted by Gasteiger charge is 2.07. The van der Waals surface area contributed by atoms with Crippen molar-refractivity contribution in [3.8, 4) is 6.07 Å². The Morgan fingerprint density at radius 2 is 2.31 bits per heavy atom. The second-order valence-corrected chi connectivity index (χ2v) is 3.58. The predicted octanol–water partition coefficient (Wildman–Crippen LogP) is 1.33. The number of nitriles is 1. The van der Waals surface area contributed by atoms with Crippen LogP contribution < -0.4 is 0 Å². The van der Waals surface area contributed by atoms with E-state index in [1.807, 2.05) is 22.2 Å². The molecule has 82 valence electrons. The van der Waals surface area contributed by atoms with Gasteiger partial charge in [0.05, 0.1) is 17.9 Å². The zero-order chi connectivity index (χ0) is 11.5. The molecule has 0 saturated heterocycles. The van der Waals surface area contributed by atoms with E-state index in [9.17, 15) is 0 Å². The molecule has 0 atom stereocenters. The lowest BCUT2D eigenvalue weighted by Crippen LogP contribution is -2.08. The molecule has 0 saturated carbocycles. The molecule has 0 bridgehead atoms. The Morgan fingerprint density at radius 1 is 1.50 bits per heavy atom. The van der Waals surface area contributed by atoms with Gasteiger partial charge in [0.1, 0.15) is 6.07 Å². The van der Waals surface area contributed by atoms with Crippen LogP contribution in [-0.2, 0) is 13.1 Å². The fourth-order valence-electron chi connectivity index (χ4n) is 1.72. The van der Waals surface area contributed by atoms with Gasteiger partial charge in [0.15, 0.2) is 0 Å². The largest absolute Gasteiger partial charge is 0.317 e. The first-order valence-corrected chi connectivity index (χ1v) is 5.19. The molecule has 0 radical (unpaired) electrons. The summed E-state index contributed by atoms with van der Waals surface area (Å²) in [5, 5.41) is 13.2. The molecule has 5 nitrogen and oxygen atoms in total. The molecule has 0 fully saturated rings. The van der Waals surface area contributed by atoms with Gasteiger partial charge in [-0.2, -0.15) is 10.4 Å². The number of imidazole rings is 1. The second-order valence-electron chi connectivity index (χ2n) is 3.58. The molecular weight excluding hydrogens is 202 g/mol. The maximum absolute atomic E-state index is 8.86. The molecule has 16 heavy (non-hydrogen) atoms. The number of hydrogen-bond acceptors (Lipinski definition) is 3. The van der Waals surface area contributed by atoms with Gasteiger partial charge in [-0.1, -0.05) is 0 Å². The summed E-state index contributed by atoms with van der Waals surface area (Å²) >= 11 is 0. The van der Waals surface area contributed by atoms with Gasteiger partial charge < -0.3 is 4.57 Å². The highest BCUT2D eigenvalue weighted by Crippen LogP contribution is 2.07. The lowest BCUT2D eigenvalue weighted by Gasteiger charge is -2.05. The molecule has 2 heterocycles. The SMILES string of the molecule is CCn1nc(C)cc1Cn1ccnc1C#N. The van der Waals surface area contributed by atoms with E-state index in [-0.39, 0.29) is 0 Å². The zero-order valence-electron chi connectivity index (χ0n) is 9.38. The summed E-state index contributed by atoms with van der Waals surface area (Å²) in [5.74, 6) is 0.432. The third-order valence-electron chi connectivity index (χ3n) is 2.43. The van der Waals surface area contributed by atoms with E-state index < -0.39 is 0 Å². The molecule has 0 aliphatic carbocycles. The van der Waals surface area contributed by atoms with Crippen LogP contribution in [0.25, 0.3) is 0 Å². The van der Waals surface area contributed by atoms with E-state index >= 15 is 0 Å². The van der Waals surface area contributed by atoms with Crippen molar-refractivity contribution < 1.29 is 0 Å². The van der Waals surface area contributed by atoms with E-state index in [1.165, 1.54) is 0 Å². The van der Waals surface area contributed by atoms with Crippen LogP contribution in [0.4, 0.5) is 0 Å². The van der Waals surface area contributed by atoms with E-state index in [2.05, 4.69) is 23.1 Å². The molecule has 0 N–H and O–H groups in total. The molecule has 0 aliphatic rings. The average Bonchev–Trinajstić information content (AvgIpc) is 2.85. The van der Waals surface area contributed by atoms with Crippen LogP contribution in [-0.4, -0.2) is 19.3 Å². The van der Waals surface area contributed by atoms with E-state index in [0.29, 0.717) is 12.4 Å². The van der Waals surface area contributed by atoms with Crippen LogP contribution in [0, 0.1) is 18.3 Å². The van der Waals surface area contributed by atoms with Crippen molar-refractivity contribution in [3.05, 3.63) is 35.7 Å². The number of hydrogen-bond donors (Lipinski definition) is 0. The standard InChI is InChI=1S/C11H13N5/c1-3-16-10(6-9(2)14-16)8-15-5-4-13-11(15)7-12/h4-6H,3,8H2,1-2H3. The Hall–Kier alpha value is -2.09. The Kier molecular flexibility index (Phi) is 2.73. The summed E-state index contributed by atoms with van der Waals surface area (Å²) in [7, 11) is 0. The van der Waals surface area contributed by atoms with Gasteiger partial charge in [-0.25, -0.2) is 4.98 Å². The third-order valence-corrected chi connectivity index (χ3v) is 2.43. The van der Waals surface area contributed by atoms with Crippen LogP contribution in [0.5, 0.6) is 0 Å². The van der Waals surface area contributed by atoms with E-state index in [4.69, 9.17) is 5.26 Å². The van der Waals surface area contributed by atoms with Crippen molar-refractivity contribution in [2.24, 2.45) is 0 Å². The van der Waals surface area contributed by atoms with Crippen LogP contribution in [0.3, 0.4) is 0 Å². The van der Waals surface area contributed by atoms with Crippen molar-refractivity contribution in [3.63, 3.8) is 0 Å². The predicted molar refractivity (Wildman–Crippen MR) is 58.7 cm³/mol. The van der Waals surface area contributed by atoms with Crippen molar-refractivity contribution in [2.45, 2.75) is 26.9 Å². The molecular formula is C11H13N5. The van der Waals surface area contributed by atoms with Crippen LogP contribution in [0.15, 0.2) is 18.5 Å². The number of rotatable bonds is 3. The molecule has 0 aromatic carbocycles. The number of nitrogens with zero attached hydrogens (tertiary/aromatic N) is 5. The van der Waals surface area contributed by atoms with Crippen LogP contribution in [0.1, 0.15) is 24.1 Å². The van der Waals surface area contributed by atoms with E-state index in [1.54, 1.807) is 12.4 Å². The highest BCUT2D eigenvalue weighted by molar-refractivity contribution is 5.15. The van der Waals surface area contributed by atoms with Crippen molar-refractivity contribution in [2.75, 3.05) is 0 Å². The molecule has 5 heteroatoms. The van der Waals surface area contributed by atoms with E-state index in [0.717, 1.165) is 17.9 Å². The lowest BCUT2D eigenvalue weighted by atomic mass is 10.3. The Morgan fingerprint density at radius 3 is 3.00 bits per heavy atom. The molecule has 2 rings (SSSR count). The Bertz CT molecular complexity index is 529. The van der Waals surface area contributed by atoms with Crippen molar-refractivity contribution in [1.29, 1.82) is 5.26 Å². The van der Waals surface area contributed by atoms with Gasteiger partial charge in [0.25, 0.3) is 0 Å².